The Morgan fingerprint density at radius 2 is 2.00 bits per heavy atom. The van der Waals surface area contributed by atoms with Gasteiger partial charge in [-0.25, -0.2) is 15.8 Å². The molecule has 5 heteroatoms. The highest BCUT2D eigenvalue weighted by Gasteiger charge is 2.09. The first-order valence-electron chi connectivity index (χ1n) is 6.30. The van der Waals surface area contributed by atoms with E-state index < -0.39 is 0 Å². The number of anilines is 1. The molecule has 0 amide bonds. The van der Waals surface area contributed by atoms with Crippen LogP contribution in [0.4, 0.5) is 5.82 Å². The first-order valence-corrected chi connectivity index (χ1v) is 7.18. The Bertz CT molecular complexity index is 530. The van der Waals surface area contributed by atoms with Gasteiger partial charge in [-0.1, -0.05) is 44.2 Å². The Labute approximate surface area is 117 Å². The Balaban J connectivity index is 2.36. The summed E-state index contributed by atoms with van der Waals surface area (Å²) >= 11 is 1.74. The number of aromatic nitrogens is 2. The Morgan fingerprint density at radius 1 is 1.26 bits per heavy atom. The summed E-state index contributed by atoms with van der Waals surface area (Å²) in [5.41, 5.74) is 3.60. The van der Waals surface area contributed by atoms with E-state index in [9.17, 15) is 0 Å². The number of nitrogens with one attached hydrogen (secondary N) is 1. The Kier molecular flexibility index (Phi) is 4.76. The average Bonchev–Trinajstić information content (AvgIpc) is 2.47. The van der Waals surface area contributed by atoms with Gasteiger partial charge in [0.1, 0.15) is 10.8 Å². The third kappa shape index (κ3) is 3.68. The third-order valence-electron chi connectivity index (χ3n) is 2.78. The zero-order valence-electron chi connectivity index (χ0n) is 11.1. The third-order valence-corrected chi connectivity index (χ3v) is 3.97. The molecule has 0 saturated heterocycles. The van der Waals surface area contributed by atoms with Gasteiger partial charge in [0.25, 0.3) is 0 Å². The molecule has 0 fully saturated rings. The molecule has 19 heavy (non-hydrogen) atoms. The van der Waals surface area contributed by atoms with Gasteiger partial charge in [0.05, 0.1) is 0 Å². The van der Waals surface area contributed by atoms with Crippen molar-refractivity contribution in [3.8, 4) is 11.4 Å². The number of hydrogen-bond acceptors (Lipinski definition) is 5. The quantitative estimate of drug-likeness (QED) is 0.379. The topological polar surface area (TPSA) is 63.8 Å². The first kappa shape index (κ1) is 13.8. The largest absolute Gasteiger partial charge is 0.308 e. The molecule has 1 heterocycles. The van der Waals surface area contributed by atoms with Crippen LogP contribution in [0.25, 0.3) is 11.4 Å². The van der Waals surface area contributed by atoms with Crippen LogP contribution in [0.1, 0.15) is 20.3 Å². The van der Waals surface area contributed by atoms with Crippen molar-refractivity contribution in [1.29, 1.82) is 0 Å². The number of nitrogens with zero attached hydrogens (tertiary/aromatic N) is 2. The summed E-state index contributed by atoms with van der Waals surface area (Å²) in [7, 11) is 0. The standard InChI is InChI=1S/C14H18N4S/c1-3-10(2)19-13-9-12(18-15)16-14(17-13)11-7-5-4-6-8-11/h4-10H,3,15H2,1-2H3,(H,16,17,18). The number of benzene rings is 1. The lowest BCUT2D eigenvalue weighted by Crippen LogP contribution is -2.10. The van der Waals surface area contributed by atoms with E-state index in [0.29, 0.717) is 16.9 Å². The second-order valence-corrected chi connectivity index (χ2v) is 5.72. The van der Waals surface area contributed by atoms with E-state index in [1.807, 2.05) is 36.4 Å². The van der Waals surface area contributed by atoms with Crippen LogP contribution in [0.3, 0.4) is 0 Å². The van der Waals surface area contributed by atoms with Crippen LogP contribution < -0.4 is 11.3 Å². The van der Waals surface area contributed by atoms with Gasteiger partial charge in [-0.2, -0.15) is 0 Å². The summed E-state index contributed by atoms with van der Waals surface area (Å²) in [5, 5.41) is 1.46. The summed E-state index contributed by atoms with van der Waals surface area (Å²) in [4.78, 5) is 8.99. The normalized spacial score (nSPS) is 12.2. The highest BCUT2D eigenvalue weighted by Crippen LogP contribution is 2.27. The highest BCUT2D eigenvalue weighted by atomic mass is 32.2. The van der Waals surface area contributed by atoms with Crippen molar-refractivity contribution in [3.63, 3.8) is 0 Å². The van der Waals surface area contributed by atoms with E-state index in [2.05, 4.69) is 29.2 Å². The smallest absolute Gasteiger partial charge is 0.162 e. The molecule has 1 aromatic heterocycles. The van der Waals surface area contributed by atoms with E-state index in [0.717, 1.165) is 17.0 Å². The molecule has 0 bridgehead atoms. The number of hydrogen-bond donors (Lipinski definition) is 2. The molecule has 0 aliphatic heterocycles. The fraction of sp³-hybridized carbons (Fsp3) is 0.286. The summed E-state index contributed by atoms with van der Waals surface area (Å²) in [6, 6.07) is 11.8. The lowest BCUT2D eigenvalue weighted by atomic mass is 10.2. The van der Waals surface area contributed by atoms with Gasteiger partial charge in [0.2, 0.25) is 0 Å². The molecule has 0 aliphatic rings. The average molecular weight is 274 g/mol. The number of rotatable bonds is 5. The van der Waals surface area contributed by atoms with Crippen molar-refractivity contribution in [2.75, 3.05) is 5.43 Å². The van der Waals surface area contributed by atoms with Crippen LogP contribution in [0.5, 0.6) is 0 Å². The van der Waals surface area contributed by atoms with Crippen molar-refractivity contribution in [3.05, 3.63) is 36.4 Å². The van der Waals surface area contributed by atoms with E-state index in [1.165, 1.54) is 0 Å². The van der Waals surface area contributed by atoms with Gasteiger partial charge in [0.15, 0.2) is 5.82 Å². The molecule has 0 aliphatic carbocycles. The zero-order chi connectivity index (χ0) is 13.7. The highest BCUT2D eigenvalue weighted by molar-refractivity contribution is 7.99. The molecule has 0 spiro atoms. The van der Waals surface area contributed by atoms with Gasteiger partial charge in [-0.15, -0.1) is 11.8 Å². The maximum Gasteiger partial charge on any atom is 0.162 e. The predicted octanol–water partition coefficient (Wildman–Crippen LogP) is 3.32. The second-order valence-electron chi connectivity index (χ2n) is 4.26. The van der Waals surface area contributed by atoms with Crippen LogP contribution in [0, 0.1) is 0 Å². The van der Waals surface area contributed by atoms with Crippen molar-refractivity contribution in [1.82, 2.24) is 9.97 Å². The fourth-order valence-corrected chi connectivity index (χ4v) is 2.46. The molecule has 2 rings (SSSR count). The van der Waals surface area contributed by atoms with Gasteiger partial charge in [-0.05, 0) is 6.42 Å². The van der Waals surface area contributed by atoms with Crippen molar-refractivity contribution >= 4 is 17.6 Å². The predicted molar refractivity (Wildman–Crippen MR) is 80.9 cm³/mol. The molecule has 0 saturated carbocycles. The molecule has 100 valence electrons. The molecule has 0 radical (unpaired) electrons. The monoisotopic (exact) mass is 274 g/mol. The van der Waals surface area contributed by atoms with Crippen LogP contribution in [-0.4, -0.2) is 15.2 Å². The zero-order valence-corrected chi connectivity index (χ0v) is 11.9. The van der Waals surface area contributed by atoms with Gasteiger partial charge < -0.3 is 5.43 Å². The maximum atomic E-state index is 5.48. The van der Waals surface area contributed by atoms with Crippen molar-refractivity contribution < 1.29 is 0 Å². The van der Waals surface area contributed by atoms with E-state index in [1.54, 1.807) is 11.8 Å². The molecule has 3 N–H and O–H groups in total. The minimum atomic E-state index is 0.518. The van der Waals surface area contributed by atoms with Gasteiger partial charge in [-0.3, -0.25) is 0 Å². The maximum absolute atomic E-state index is 5.48. The summed E-state index contributed by atoms with van der Waals surface area (Å²) in [5.74, 6) is 6.81. The molecular formula is C14H18N4S. The summed E-state index contributed by atoms with van der Waals surface area (Å²) < 4.78 is 0. The second kappa shape index (κ2) is 6.54. The van der Waals surface area contributed by atoms with E-state index >= 15 is 0 Å². The van der Waals surface area contributed by atoms with E-state index in [4.69, 9.17) is 5.84 Å². The van der Waals surface area contributed by atoms with Crippen LogP contribution in [-0.2, 0) is 0 Å². The number of nitrogen functional groups attached to an aromatic ring is 1. The number of thioether (sulfide) groups is 1. The number of nitrogens with two attached hydrogens (primary N) is 1. The Morgan fingerprint density at radius 3 is 2.63 bits per heavy atom. The lowest BCUT2D eigenvalue weighted by molar-refractivity contribution is 0.899. The minimum Gasteiger partial charge on any atom is -0.308 e. The Hall–Kier alpha value is -1.59. The lowest BCUT2D eigenvalue weighted by Gasteiger charge is -2.10. The summed E-state index contributed by atoms with van der Waals surface area (Å²) in [6.45, 7) is 4.35. The van der Waals surface area contributed by atoms with Gasteiger partial charge in [0, 0.05) is 16.9 Å². The summed E-state index contributed by atoms with van der Waals surface area (Å²) in [6.07, 6.45) is 1.10. The minimum absolute atomic E-state index is 0.518. The van der Waals surface area contributed by atoms with Crippen molar-refractivity contribution in [2.45, 2.75) is 30.5 Å². The molecule has 4 nitrogen and oxygen atoms in total. The van der Waals surface area contributed by atoms with Crippen LogP contribution in [0.15, 0.2) is 41.4 Å². The molecule has 1 atom stereocenters. The first-order chi connectivity index (χ1) is 9.22. The van der Waals surface area contributed by atoms with E-state index in [-0.39, 0.29) is 0 Å². The molecule has 1 unspecified atom stereocenters. The number of hydrazine groups is 1. The fourth-order valence-electron chi connectivity index (χ4n) is 1.57. The molecule has 1 aromatic carbocycles. The van der Waals surface area contributed by atoms with Crippen molar-refractivity contribution in [2.24, 2.45) is 5.84 Å². The molecule has 2 aromatic rings. The molecular weight excluding hydrogens is 256 g/mol. The van der Waals surface area contributed by atoms with Crippen LogP contribution >= 0.6 is 11.8 Å². The van der Waals surface area contributed by atoms with Crippen LogP contribution in [0.2, 0.25) is 0 Å². The van der Waals surface area contributed by atoms with Gasteiger partial charge >= 0.3 is 0 Å². The SMILES string of the molecule is CCC(C)Sc1cc(NN)nc(-c2ccccc2)n1.